The Hall–Kier alpha value is -1.13. The van der Waals surface area contributed by atoms with Gasteiger partial charge in [-0.25, -0.2) is 0 Å². The van der Waals surface area contributed by atoms with Crippen LogP contribution in [0.25, 0.3) is 10.1 Å². The van der Waals surface area contributed by atoms with Crippen LogP contribution < -0.4 is 11.1 Å². The van der Waals surface area contributed by atoms with Crippen molar-refractivity contribution in [2.75, 3.05) is 5.32 Å². The van der Waals surface area contributed by atoms with Crippen LogP contribution in [0.3, 0.4) is 0 Å². The molecule has 1 aromatic heterocycles. The first-order chi connectivity index (χ1) is 8.34. The number of fused-ring (bicyclic) bond motifs is 1. The summed E-state index contributed by atoms with van der Waals surface area (Å²) < 4.78 is 5.73. The summed E-state index contributed by atoms with van der Waals surface area (Å²) in [5, 5.41) is 4.75. The second kappa shape index (κ2) is 4.63. The molecule has 2 atom stereocenters. The fourth-order valence-electron chi connectivity index (χ4n) is 2.50. The molecule has 17 heavy (non-hydrogen) atoms. The maximum atomic E-state index is 6.15. The van der Waals surface area contributed by atoms with Gasteiger partial charge in [0.2, 0.25) is 0 Å². The third-order valence-electron chi connectivity index (χ3n) is 3.52. The lowest BCUT2D eigenvalue weighted by Crippen LogP contribution is -2.42. The maximum Gasteiger partial charge on any atom is 0.147 e. The summed E-state index contributed by atoms with van der Waals surface area (Å²) in [6.07, 6.45) is 4.82. The van der Waals surface area contributed by atoms with Gasteiger partial charge in [0.1, 0.15) is 5.82 Å². The van der Waals surface area contributed by atoms with E-state index in [4.69, 9.17) is 5.73 Å². The molecule has 0 amide bonds. The lowest BCUT2D eigenvalue weighted by atomic mass is 9.91. The summed E-state index contributed by atoms with van der Waals surface area (Å²) in [6.45, 7) is 0. The molecule has 1 aliphatic carbocycles. The molecule has 90 valence electrons. The first kappa shape index (κ1) is 11.0. The highest BCUT2D eigenvalue weighted by Crippen LogP contribution is 2.28. The number of anilines is 1. The highest BCUT2D eigenvalue weighted by Gasteiger charge is 2.22. The molecular weight excluding hydrogens is 230 g/mol. The van der Waals surface area contributed by atoms with Crippen LogP contribution in [-0.4, -0.2) is 16.5 Å². The number of hydrogen-bond donors (Lipinski definition) is 2. The summed E-state index contributed by atoms with van der Waals surface area (Å²) in [5.41, 5.74) is 6.15. The van der Waals surface area contributed by atoms with E-state index in [1.54, 1.807) is 11.5 Å². The Bertz CT molecular complexity index is 508. The lowest BCUT2D eigenvalue weighted by molar-refractivity contribution is 0.404. The van der Waals surface area contributed by atoms with E-state index in [1.165, 1.54) is 22.9 Å². The van der Waals surface area contributed by atoms with E-state index in [0.717, 1.165) is 18.7 Å². The molecule has 0 spiro atoms. The highest BCUT2D eigenvalue weighted by atomic mass is 32.1. The zero-order valence-electron chi connectivity index (χ0n) is 9.73. The fraction of sp³-hybridized carbons (Fsp3) is 0.462. The summed E-state index contributed by atoms with van der Waals surface area (Å²) in [6, 6.07) is 8.99. The van der Waals surface area contributed by atoms with Gasteiger partial charge in [-0.3, -0.25) is 0 Å². The molecule has 0 aliphatic heterocycles. The molecule has 1 saturated carbocycles. The van der Waals surface area contributed by atoms with Crippen molar-refractivity contribution in [2.24, 2.45) is 5.73 Å². The summed E-state index contributed by atoms with van der Waals surface area (Å²) in [7, 11) is 0. The van der Waals surface area contributed by atoms with E-state index in [9.17, 15) is 0 Å². The zero-order valence-corrected chi connectivity index (χ0v) is 10.5. The second-order valence-electron chi connectivity index (χ2n) is 4.73. The van der Waals surface area contributed by atoms with Crippen molar-refractivity contribution in [1.29, 1.82) is 0 Å². The highest BCUT2D eigenvalue weighted by molar-refractivity contribution is 7.13. The second-order valence-corrected chi connectivity index (χ2v) is 5.53. The quantitative estimate of drug-likeness (QED) is 0.857. The van der Waals surface area contributed by atoms with Crippen molar-refractivity contribution in [3.8, 4) is 0 Å². The average molecular weight is 247 g/mol. The molecule has 0 saturated heterocycles. The van der Waals surface area contributed by atoms with Gasteiger partial charge in [-0.15, -0.1) is 0 Å². The number of rotatable bonds is 2. The van der Waals surface area contributed by atoms with E-state index < -0.39 is 0 Å². The van der Waals surface area contributed by atoms with E-state index in [2.05, 4.69) is 34.0 Å². The summed E-state index contributed by atoms with van der Waals surface area (Å²) >= 11 is 1.55. The minimum atomic E-state index is 0.268. The molecule has 3 nitrogen and oxygen atoms in total. The van der Waals surface area contributed by atoms with Gasteiger partial charge in [0.25, 0.3) is 0 Å². The molecule has 1 aliphatic rings. The SMILES string of the molecule is N[C@H]1CCCC[C@@H]1Nc1nsc2ccccc12. The summed E-state index contributed by atoms with van der Waals surface area (Å²) in [4.78, 5) is 0. The molecular formula is C13H17N3S. The Morgan fingerprint density at radius 2 is 2.06 bits per heavy atom. The van der Waals surface area contributed by atoms with Crippen LogP contribution in [0.4, 0.5) is 5.82 Å². The van der Waals surface area contributed by atoms with E-state index in [-0.39, 0.29) is 6.04 Å². The third kappa shape index (κ3) is 2.15. The molecule has 1 fully saturated rings. The van der Waals surface area contributed by atoms with Gasteiger partial charge in [0.05, 0.1) is 4.70 Å². The number of nitrogens with zero attached hydrogens (tertiary/aromatic N) is 1. The molecule has 3 N–H and O–H groups in total. The largest absolute Gasteiger partial charge is 0.364 e. The molecule has 1 aromatic carbocycles. The van der Waals surface area contributed by atoms with Crippen LogP contribution in [0.2, 0.25) is 0 Å². The van der Waals surface area contributed by atoms with Gasteiger partial charge >= 0.3 is 0 Å². The van der Waals surface area contributed by atoms with Crippen LogP contribution in [0.5, 0.6) is 0 Å². The minimum Gasteiger partial charge on any atom is -0.364 e. The Morgan fingerprint density at radius 3 is 2.94 bits per heavy atom. The molecule has 1 heterocycles. The van der Waals surface area contributed by atoms with Crippen molar-refractivity contribution in [3.05, 3.63) is 24.3 Å². The van der Waals surface area contributed by atoms with Crippen LogP contribution in [0.15, 0.2) is 24.3 Å². The predicted molar refractivity (Wildman–Crippen MR) is 73.5 cm³/mol. The Morgan fingerprint density at radius 1 is 1.24 bits per heavy atom. The van der Waals surface area contributed by atoms with Gasteiger partial charge in [-0.2, -0.15) is 4.37 Å². The molecule has 0 radical (unpaired) electrons. The number of nitrogens with two attached hydrogens (primary N) is 1. The van der Waals surface area contributed by atoms with E-state index >= 15 is 0 Å². The first-order valence-electron chi connectivity index (χ1n) is 6.21. The Balaban J connectivity index is 1.84. The van der Waals surface area contributed by atoms with Crippen LogP contribution >= 0.6 is 11.5 Å². The smallest absolute Gasteiger partial charge is 0.147 e. The number of aromatic nitrogens is 1. The van der Waals surface area contributed by atoms with Gasteiger partial charge < -0.3 is 11.1 Å². The van der Waals surface area contributed by atoms with Gasteiger partial charge in [0.15, 0.2) is 0 Å². The minimum absolute atomic E-state index is 0.268. The predicted octanol–water partition coefficient (Wildman–Crippen LogP) is 2.98. The summed E-state index contributed by atoms with van der Waals surface area (Å²) in [5.74, 6) is 1.01. The molecule has 0 bridgehead atoms. The average Bonchev–Trinajstić information content (AvgIpc) is 2.76. The lowest BCUT2D eigenvalue weighted by Gasteiger charge is -2.29. The Labute approximate surface area is 105 Å². The van der Waals surface area contributed by atoms with Crippen molar-refractivity contribution in [1.82, 2.24) is 4.37 Å². The zero-order chi connectivity index (χ0) is 11.7. The van der Waals surface area contributed by atoms with Crippen molar-refractivity contribution in [2.45, 2.75) is 37.8 Å². The van der Waals surface area contributed by atoms with Crippen LogP contribution in [-0.2, 0) is 0 Å². The molecule has 0 unspecified atom stereocenters. The normalized spacial score (nSPS) is 25.0. The Kier molecular flexibility index (Phi) is 2.99. The topological polar surface area (TPSA) is 50.9 Å². The van der Waals surface area contributed by atoms with Gasteiger partial charge in [-0.1, -0.05) is 25.0 Å². The standard InChI is InChI=1S/C13H17N3S/c14-10-6-2-3-7-11(10)15-13-9-5-1-4-8-12(9)17-16-13/h1,4-5,8,10-11H,2-3,6-7,14H2,(H,15,16)/t10-,11-/m0/s1. The van der Waals surface area contributed by atoms with Crippen LogP contribution in [0, 0.1) is 0 Å². The number of hydrogen-bond acceptors (Lipinski definition) is 4. The van der Waals surface area contributed by atoms with Crippen molar-refractivity contribution < 1.29 is 0 Å². The molecule has 4 heteroatoms. The van der Waals surface area contributed by atoms with Gasteiger partial charge in [-0.05, 0) is 36.5 Å². The monoisotopic (exact) mass is 247 g/mol. The fourth-order valence-corrected chi connectivity index (χ4v) is 3.25. The van der Waals surface area contributed by atoms with Crippen molar-refractivity contribution in [3.63, 3.8) is 0 Å². The number of benzene rings is 1. The molecule has 2 aromatic rings. The first-order valence-corrected chi connectivity index (χ1v) is 6.98. The molecule has 3 rings (SSSR count). The van der Waals surface area contributed by atoms with E-state index in [1.807, 2.05) is 0 Å². The third-order valence-corrected chi connectivity index (χ3v) is 4.35. The van der Waals surface area contributed by atoms with E-state index in [0.29, 0.717) is 6.04 Å². The van der Waals surface area contributed by atoms with Crippen molar-refractivity contribution >= 4 is 27.4 Å². The maximum absolute atomic E-state index is 6.15. The van der Waals surface area contributed by atoms with Crippen LogP contribution in [0.1, 0.15) is 25.7 Å². The number of nitrogens with one attached hydrogen (secondary N) is 1. The van der Waals surface area contributed by atoms with Gasteiger partial charge in [0, 0.05) is 17.5 Å².